The van der Waals surface area contributed by atoms with Crippen molar-refractivity contribution in [3.8, 4) is 5.75 Å². The van der Waals surface area contributed by atoms with Crippen LogP contribution >= 0.6 is 34.8 Å². The number of amides is 1. The van der Waals surface area contributed by atoms with Gasteiger partial charge in [-0.3, -0.25) is 4.79 Å². The summed E-state index contributed by atoms with van der Waals surface area (Å²) in [4.78, 5) is 12.2. The molecule has 0 saturated carbocycles. The topological polar surface area (TPSA) is 38.3 Å². The molecule has 0 fully saturated rings. The molecule has 0 radical (unpaired) electrons. The molecule has 116 valence electrons. The Morgan fingerprint density at radius 1 is 1.09 bits per heavy atom. The highest BCUT2D eigenvalue weighted by molar-refractivity contribution is 6.35. The molecule has 2 rings (SSSR count). The summed E-state index contributed by atoms with van der Waals surface area (Å²) in [5.41, 5.74) is 1.56. The van der Waals surface area contributed by atoms with Crippen molar-refractivity contribution < 1.29 is 9.53 Å². The van der Waals surface area contributed by atoms with Crippen LogP contribution in [0.5, 0.6) is 5.75 Å². The molecule has 0 aromatic heterocycles. The molecule has 1 atom stereocenters. The van der Waals surface area contributed by atoms with E-state index in [4.69, 9.17) is 39.5 Å². The molecule has 0 bridgehead atoms. The summed E-state index contributed by atoms with van der Waals surface area (Å²) in [7, 11) is 0. The van der Waals surface area contributed by atoms with Crippen LogP contribution in [0.2, 0.25) is 15.1 Å². The van der Waals surface area contributed by atoms with E-state index in [9.17, 15) is 4.79 Å². The summed E-state index contributed by atoms with van der Waals surface area (Å²) in [6.45, 7) is 3.51. The second-order valence-corrected chi connectivity index (χ2v) is 6.06. The van der Waals surface area contributed by atoms with Gasteiger partial charge in [-0.15, -0.1) is 0 Å². The minimum absolute atomic E-state index is 0.281. The monoisotopic (exact) mass is 357 g/mol. The number of anilines is 1. The zero-order valence-electron chi connectivity index (χ0n) is 12.0. The lowest BCUT2D eigenvalue weighted by Gasteiger charge is -2.16. The number of nitrogens with one attached hydrogen (secondary N) is 1. The maximum absolute atomic E-state index is 12.2. The van der Waals surface area contributed by atoms with Gasteiger partial charge < -0.3 is 10.1 Å². The van der Waals surface area contributed by atoms with Gasteiger partial charge in [0.1, 0.15) is 5.75 Å². The average Bonchev–Trinajstić information content (AvgIpc) is 2.44. The third kappa shape index (κ3) is 4.29. The van der Waals surface area contributed by atoms with Crippen LogP contribution in [0, 0.1) is 6.92 Å². The van der Waals surface area contributed by atoms with Crippen LogP contribution in [-0.4, -0.2) is 12.0 Å². The van der Waals surface area contributed by atoms with Gasteiger partial charge in [0.05, 0.1) is 5.02 Å². The third-order valence-electron chi connectivity index (χ3n) is 3.01. The normalized spacial score (nSPS) is 11.9. The van der Waals surface area contributed by atoms with Crippen LogP contribution in [0.3, 0.4) is 0 Å². The van der Waals surface area contributed by atoms with E-state index < -0.39 is 6.10 Å². The standard InChI is InChI=1S/C16H14Cl3NO2/c1-9-7-11(17)3-5-14(9)20-16(21)10(2)22-15-6-4-12(18)8-13(15)19/h3-8,10H,1-2H3,(H,20,21)/t10-/m1/s1. The molecule has 0 saturated heterocycles. The van der Waals surface area contributed by atoms with Gasteiger partial charge in [0.2, 0.25) is 0 Å². The molecule has 22 heavy (non-hydrogen) atoms. The molecule has 1 N–H and O–H groups in total. The van der Waals surface area contributed by atoms with Crippen LogP contribution in [0.15, 0.2) is 36.4 Å². The summed E-state index contributed by atoms with van der Waals surface area (Å²) >= 11 is 17.7. The van der Waals surface area contributed by atoms with E-state index in [2.05, 4.69) is 5.32 Å². The van der Waals surface area contributed by atoms with Crippen LogP contribution in [-0.2, 0) is 4.79 Å². The fraction of sp³-hybridized carbons (Fsp3) is 0.188. The van der Waals surface area contributed by atoms with Crippen molar-refractivity contribution in [2.45, 2.75) is 20.0 Å². The third-order valence-corrected chi connectivity index (χ3v) is 3.78. The first-order valence-electron chi connectivity index (χ1n) is 6.55. The Morgan fingerprint density at radius 2 is 1.73 bits per heavy atom. The molecule has 2 aromatic rings. The second-order valence-electron chi connectivity index (χ2n) is 4.78. The quantitative estimate of drug-likeness (QED) is 0.799. The lowest BCUT2D eigenvalue weighted by atomic mass is 10.2. The largest absolute Gasteiger partial charge is 0.479 e. The SMILES string of the molecule is Cc1cc(Cl)ccc1NC(=O)[C@@H](C)Oc1ccc(Cl)cc1Cl. The number of hydrogen-bond donors (Lipinski definition) is 1. The molecule has 0 heterocycles. The van der Waals surface area contributed by atoms with Gasteiger partial charge >= 0.3 is 0 Å². The number of benzene rings is 2. The van der Waals surface area contributed by atoms with Gasteiger partial charge in [-0.1, -0.05) is 34.8 Å². The molecule has 6 heteroatoms. The fourth-order valence-corrected chi connectivity index (χ4v) is 2.50. The van der Waals surface area contributed by atoms with E-state index >= 15 is 0 Å². The molecule has 0 aliphatic rings. The predicted molar refractivity (Wildman–Crippen MR) is 91.4 cm³/mol. The first-order valence-corrected chi connectivity index (χ1v) is 7.69. The number of halogens is 3. The number of aryl methyl sites for hydroxylation is 1. The number of hydrogen-bond acceptors (Lipinski definition) is 2. The zero-order chi connectivity index (χ0) is 16.3. The summed E-state index contributed by atoms with van der Waals surface area (Å²) in [5.74, 6) is 0.123. The van der Waals surface area contributed by atoms with Gasteiger partial charge in [0.15, 0.2) is 6.10 Å². The Labute approximate surface area is 144 Å². The summed E-state index contributed by atoms with van der Waals surface area (Å²) < 4.78 is 5.57. The highest BCUT2D eigenvalue weighted by atomic mass is 35.5. The molecule has 0 spiro atoms. The summed E-state index contributed by atoms with van der Waals surface area (Å²) in [6, 6.07) is 10.1. The maximum atomic E-state index is 12.2. The van der Waals surface area contributed by atoms with E-state index in [-0.39, 0.29) is 5.91 Å². The molecule has 0 aliphatic heterocycles. The van der Waals surface area contributed by atoms with Crippen LogP contribution < -0.4 is 10.1 Å². The number of carbonyl (C=O) groups excluding carboxylic acids is 1. The van der Waals surface area contributed by atoms with Crippen LogP contribution in [0.1, 0.15) is 12.5 Å². The maximum Gasteiger partial charge on any atom is 0.265 e. The second kappa shape index (κ2) is 7.23. The van der Waals surface area contributed by atoms with Gasteiger partial charge in [0.25, 0.3) is 5.91 Å². The summed E-state index contributed by atoms with van der Waals surface area (Å²) in [5, 5.41) is 4.28. The molecular formula is C16H14Cl3NO2. The first kappa shape index (κ1) is 16.9. The number of rotatable bonds is 4. The van der Waals surface area contributed by atoms with E-state index in [1.807, 2.05) is 6.92 Å². The predicted octanol–water partition coefficient (Wildman–Crippen LogP) is 5.36. The Bertz CT molecular complexity index is 704. The minimum atomic E-state index is -0.714. The highest BCUT2D eigenvalue weighted by Gasteiger charge is 2.17. The van der Waals surface area contributed by atoms with Crippen molar-refractivity contribution in [3.63, 3.8) is 0 Å². The molecule has 1 amide bonds. The molecular weight excluding hydrogens is 345 g/mol. The Kier molecular flexibility index (Phi) is 5.57. The zero-order valence-corrected chi connectivity index (χ0v) is 14.3. The Balaban J connectivity index is 2.05. The Hall–Kier alpha value is -1.42. The van der Waals surface area contributed by atoms with Gasteiger partial charge in [0, 0.05) is 15.7 Å². The van der Waals surface area contributed by atoms with Gasteiger partial charge in [-0.25, -0.2) is 0 Å². The van der Waals surface area contributed by atoms with E-state index in [1.54, 1.807) is 43.3 Å². The van der Waals surface area contributed by atoms with Crippen molar-refractivity contribution in [1.82, 2.24) is 0 Å². The lowest BCUT2D eigenvalue weighted by molar-refractivity contribution is -0.122. The fourth-order valence-electron chi connectivity index (χ4n) is 1.82. The first-order chi connectivity index (χ1) is 10.4. The van der Waals surface area contributed by atoms with Crippen LogP contribution in [0.25, 0.3) is 0 Å². The van der Waals surface area contributed by atoms with Crippen LogP contribution in [0.4, 0.5) is 5.69 Å². The van der Waals surface area contributed by atoms with Gasteiger partial charge in [-0.05, 0) is 55.8 Å². The summed E-state index contributed by atoms with van der Waals surface area (Å²) in [6.07, 6.45) is -0.714. The van der Waals surface area contributed by atoms with E-state index in [0.29, 0.717) is 26.5 Å². The van der Waals surface area contributed by atoms with Crippen molar-refractivity contribution in [2.75, 3.05) is 5.32 Å². The van der Waals surface area contributed by atoms with E-state index in [1.165, 1.54) is 0 Å². The molecule has 3 nitrogen and oxygen atoms in total. The van der Waals surface area contributed by atoms with Crippen molar-refractivity contribution in [2.24, 2.45) is 0 Å². The van der Waals surface area contributed by atoms with Crippen molar-refractivity contribution in [3.05, 3.63) is 57.0 Å². The number of carbonyl (C=O) groups is 1. The van der Waals surface area contributed by atoms with Crippen molar-refractivity contribution in [1.29, 1.82) is 0 Å². The van der Waals surface area contributed by atoms with Crippen molar-refractivity contribution >= 4 is 46.4 Å². The highest BCUT2D eigenvalue weighted by Crippen LogP contribution is 2.28. The minimum Gasteiger partial charge on any atom is -0.479 e. The van der Waals surface area contributed by atoms with E-state index in [0.717, 1.165) is 5.56 Å². The molecule has 0 unspecified atom stereocenters. The smallest absolute Gasteiger partial charge is 0.265 e. The molecule has 0 aliphatic carbocycles. The Morgan fingerprint density at radius 3 is 2.36 bits per heavy atom. The average molecular weight is 359 g/mol. The molecule has 2 aromatic carbocycles. The number of ether oxygens (including phenoxy) is 1. The lowest BCUT2D eigenvalue weighted by Crippen LogP contribution is -2.30. The van der Waals surface area contributed by atoms with Gasteiger partial charge in [-0.2, -0.15) is 0 Å².